The summed E-state index contributed by atoms with van der Waals surface area (Å²) in [4.78, 5) is 22.6. The van der Waals surface area contributed by atoms with Crippen molar-refractivity contribution in [2.75, 3.05) is 6.54 Å². The van der Waals surface area contributed by atoms with Crippen LogP contribution in [-0.4, -0.2) is 50.5 Å². The molecule has 0 aromatic carbocycles. The molecule has 0 bridgehead atoms. The minimum atomic E-state index is -1.45. The molecule has 1 amide bonds. The first-order chi connectivity index (χ1) is 6.44. The van der Waals surface area contributed by atoms with Crippen LogP contribution in [0, 0.1) is 0 Å². The summed E-state index contributed by atoms with van der Waals surface area (Å²) >= 11 is 0. The van der Waals surface area contributed by atoms with E-state index >= 15 is 0 Å². The molecule has 2 atom stereocenters. The number of hydrogen-bond acceptors (Lipinski definition) is 3. The number of carbonyl (C=O) groups is 2. The standard InChI is InChI=1S/C8H13NO5/c1-2-8(6(11)12)3-5(10)4-9(8)7(13)14/h5,10H,2-4H2,1H3,(H,11,12)(H,13,14). The van der Waals surface area contributed by atoms with E-state index in [1.807, 2.05) is 0 Å². The molecule has 1 rings (SSSR count). The van der Waals surface area contributed by atoms with Gasteiger partial charge in [0.05, 0.1) is 12.6 Å². The van der Waals surface area contributed by atoms with Crippen molar-refractivity contribution in [3.8, 4) is 0 Å². The molecule has 3 N–H and O–H groups in total. The topological polar surface area (TPSA) is 98.1 Å². The zero-order valence-electron chi connectivity index (χ0n) is 7.80. The van der Waals surface area contributed by atoms with Crippen LogP contribution in [0.5, 0.6) is 0 Å². The van der Waals surface area contributed by atoms with Gasteiger partial charge in [0.15, 0.2) is 0 Å². The molecule has 0 saturated carbocycles. The number of carboxylic acids is 1. The average Bonchev–Trinajstić information content (AvgIpc) is 2.43. The number of aliphatic hydroxyl groups is 1. The third kappa shape index (κ3) is 1.41. The summed E-state index contributed by atoms with van der Waals surface area (Å²) in [5.41, 5.74) is -1.45. The normalized spacial score (nSPS) is 31.9. The van der Waals surface area contributed by atoms with Gasteiger partial charge in [0.1, 0.15) is 5.54 Å². The fraction of sp³-hybridized carbons (Fsp3) is 0.750. The van der Waals surface area contributed by atoms with Gasteiger partial charge in [-0.3, -0.25) is 4.90 Å². The molecule has 0 aromatic heterocycles. The van der Waals surface area contributed by atoms with Crippen molar-refractivity contribution >= 4 is 12.1 Å². The van der Waals surface area contributed by atoms with Crippen molar-refractivity contribution in [3.63, 3.8) is 0 Å². The summed E-state index contributed by atoms with van der Waals surface area (Å²) in [6.07, 6.45) is -2.07. The number of likely N-dealkylation sites (tertiary alicyclic amines) is 1. The van der Waals surface area contributed by atoms with Crippen LogP contribution >= 0.6 is 0 Å². The van der Waals surface area contributed by atoms with Crippen LogP contribution in [-0.2, 0) is 4.79 Å². The lowest BCUT2D eigenvalue weighted by molar-refractivity contribution is -0.149. The van der Waals surface area contributed by atoms with Gasteiger partial charge in [-0.25, -0.2) is 9.59 Å². The predicted octanol–water partition coefficient (Wildman–Crippen LogP) is -0.0356. The summed E-state index contributed by atoms with van der Waals surface area (Å²) in [5, 5.41) is 27.1. The Morgan fingerprint density at radius 3 is 2.36 bits per heavy atom. The van der Waals surface area contributed by atoms with Crippen LogP contribution < -0.4 is 0 Å². The molecule has 6 nitrogen and oxygen atoms in total. The first kappa shape index (κ1) is 10.8. The van der Waals surface area contributed by atoms with E-state index < -0.39 is 23.7 Å². The Morgan fingerprint density at radius 1 is 1.50 bits per heavy atom. The molecule has 1 aliphatic heterocycles. The van der Waals surface area contributed by atoms with Crippen LogP contribution in [0.3, 0.4) is 0 Å². The molecular formula is C8H13NO5. The molecule has 14 heavy (non-hydrogen) atoms. The maximum atomic E-state index is 11.0. The zero-order valence-corrected chi connectivity index (χ0v) is 7.80. The van der Waals surface area contributed by atoms with Crippen LogP contribution in [0.25, 0.3) is 0 Å². The molecular weight excluding hydrogens is 190 g/mol. The Labute approximate surface area is 80.8 Å². The van der Waals surface area contributed by atoms with Gasteiger partial charge in [-0.05, 0) is 6.42 Å². The molecule has 0 aromatic rings. The molecule has 1 aliphatic rings. The van der Waals surface area contributed by atoms with Gasteiger partial charge in [0.25, 0.3) is 0 Å². The fourth-order valence-electron chi connectivity index (χ4n) is 1.90. The predicted molar refractivity (Wildman–Crippen MR) is 46.0 cm³/mol. The van der Waals surface area contributed by atoms with Crippen molar-refractivity contribution in [1.29, 1.82) is 0 Å². The number of aliphatic carboxylic acids is 1. The summed E-state index contributed by atoms with van der Waals surface area (Å²) < 4.78 is 0. The van der Waals surface area contributed by atoms with Crippen LogP contribution in [0.15, 0.2) is 0 Å². The molecule has 2 unspecified atom stereocenters. The number of hydrogen-bond donors (Lipinski definition) is 3. The summed E-state index contributed by atoms with van der Waals surface area (Å²) in [6, 6.07) is 0. The largest absolute Gasteiger partial charge is 0.479 e. The Hall–Kier alpha value is -1.30. The summed E-state index contributed by atoms with van der Waals surface area (Å²) in [7, 11) is 0. The Bertz CT molecular complexity index is 266. The van der Waals surface area contributed by atoms with Gasteiger partial charge in [-0.1, -0.05) is 6.92 Å². The molecule has 6 heteroatoms. The van der Waals surface area contributed by atoms with Crippen molar-refractivity contribution in [2.24, 2.45) is 0 Å². The van der Waals surface area contributed by atoms with E-state index in [4.69, 9.17) is 10.2 Å². The van der Waals surface area contributed by atoms with Crippen molar-refractivity contribution in [2.45, 2.75) is 31.4 Å². The van der Waals surface area contributed by atoms with E-state index in [9.17, 15) is 14.7 Å². The molecule has 1 heterocycles. The third-order valence-electron chi connectivity index (χ3n) is 2.70. The second kappa shape index (κ2) is 3.45. The Morgan fingerprint density at radius 2 is 2.07 bits per heavy atom. The van der Waals surface area contributed by atoms with Crippen molar-refractivity contribution in [1.82, 2.24) is 4.90 Å². The number of carboxylic acid groups (broad SMARTS) is 2. The van der Waals surface area contributed by atoms with E-state index in [-0.39, 0.29) is 19.4 Å². The number of nitrogens with zero attached hydrogens (tertiary/aromatic N) is 1. The number of rotatable bonds is 2. The number of β-amino-alcohol motifs (C(OH)–C–C–N with tert-alkyl or cyclic N) is 1. The highest BCUT2D eigenvalue weighted by atomic mass is 16.4. The number of aliphatic hydroxyl groups excluding tert-OH is 1. The minimum Gasteiger partial charge on any atom is -0.479 e. The van der Waals surface area contributed by atoms with Crippen molar-refractivity contribution < 1.29 is 24.9 Å². The van der Waals surface area contributed by atoms with E-state index in [1.54, 1.807) is 6.92 Å². The van der Waals surface area contributed by atoms with E-state index in [0.29, 0.717) is 0 Å². The first-order valence-electron chi connectivity index (χ1n) is 4.36. The third-order valence-corrected chi connectivity index (χ3v) is 2.70. The van der Waals surface area contributed by atoms with Gasteiger partial charge in [-0.15, -0.1) is 0 Å². The molecule has 0 radical (unpaired) electrons. The van der Waals surface area contributed by atoms with Crippen LogP contribution in [0.4, 0.5) is 4.79 Å². The minimum absolute atomic E-state index is 0.0366. The maximum Gasteiger partial charge on any atom is 0.408 e. The lowest BCUT2D eigenvalue weighted by Crippen LogP contribution is -2.52. The average molecular weight is 203 g/mol. The monoisotopic (exact) mass is 203 g/mol. The van der Waals surface area contributed by atoms with Gasteiger partial charge < -0.3 is 15.3 Å². The maximum absolute atomic E-state index is 11.0. The van der Waals surface area contributed by atoms with Gasteiger partial charge in [-0.2, -0.15) is 0 Å². The van der Waals surface area contributed by atoms with E-state index in [1.165, 1.54) is 0 Å². The van der Waals surface area contributed by atoms with E-state index in [0.717, 1.165) is 4.90 Å². The Kier molecular flexibility index (Phi) is 2.66. The number of amides is 1. The first-order valence-corrected chi connectivity index (χ1v) is 4.36. The smallest absolute Gasteiger partial charge is 0.408 e. The van der Waals surface area contributed by atoms with E-state index in [2.05, 4.69) is 0 Å². The highest BCUT2D eigenvalue weighted by Crippen LogP contribution is 2.32. The quantitative estimate of drug-likeness (QED) is 0.585. The molecule has 0 aliphatic carbocycles. The Balaban J connectivity index is 3.03. The van der Waals surface area contributed by atoms with Crippen LogP contribution in [0.1, 0.15) is 19.8 Å². The van der Waals surface area contributed by atoms with Crippen molar-refractivity contribution in [3.05, 3.63) is 0 Å². The fourth-order valence-corrected chi connectivity index (χ4v) is 1.90. The lowest BCUT2D eigenvalue weighted by atomic mass is 9.92. The SMILES string of the molecule is CCC1(C(=O)O)CC(O)CN1C(=O)O. The second-order valence-electron chi connectivity index (χ2n) is 3.44. The zero-order chi connectivity index (χ0) is 10.9. The lowest BCUT2D eigenvalue weighted by Gasteiger charge is -2.30. The van der Waals surface area contributed by atoms with Gasteiger partial charge in [0, 0.05) is 6.42 Å². The van der Waals surface area contributed by atoms with Crippen LogP contribution in [0.2, 0.25) is 0 Å². The molecule has 1 saturated heterocycles. The molecule has 80 valence electrons. The highest BCUT2D eigenvalue weighted by molar-refractivity contribution is 5.84. The van der Waals surface area contributed by atoms with Gasteiger partial charge >= 0.3 is 12.1 Å². The van der Waals surface area contributed by atoms with Gasteiger partial charge in [0.2, 0.25) is 0 Å². The summed E-state index contributed by atoms with van der Waals surface area (Å²) in [6.45, 7) is 1.47. The molecule has 0 spiro atoms. The highest BCUT2D eigenvalue weighted by Gasteiger charge is 2.52. The second-order valence-corrected chi connectivity index (χ2v) is 3.44. The summed E-state index contributed by atoms with van der Waals surface area (Å²) in [5.74, 6) is -1.20. The molecule has 1 fully saturated rings.